The second-order valence-electron chi connectivity index (χ2n) is 4.47. The molecule has 20 heavy (non-hydrogen) atoms. The Labute approximate surface area is 135 Å². The Morgan fingerprint density at radius 1 is 1.25 bits per heavy atom. The highest BCUT2D eigenvalue weighted by Gasteiger charge is 2.22. The Morgan fingerprint density at radius 3 is 2.65 bits per heavy atom. The van der Waals surface area contributed by atoms with E-state index in [9.17, 15) is 0 Å². The number of aromatic nitrogens is 1. The molecule has 0 aliphatic carbocycles. The SMILES string of the molecule is CCC(N)C(Oc1cncc(Br)c1)c1ccccc1Br. The number of hydrogen-bond donors (Lipinski definition) is 1. The summed E-state index contributed by atoms with van der Waals surface area (Å²) in [6.45, 7) is 2.05. The predicted molar refractivity (Wildman–Crippen MR) is 87.7 cm³/mol. The van der Waals surface area contributed by atoms with Crippen molar-refractivity contribution >= 4 is 31.9 Å². The molecule has 2 aromatic rings. The molecule has 0 fully saturated rings. The Morgan fingerprint density at radius 2 is 2.00 bits per heavy atom. The monoisotopic (exact) mass is 398 g/mol. The van der Waals surface area contributed by atoms with Crippen LogP contribution in [0, 0.1) is 0 Å². The molecule has 0 aliphatic rings. The summed E-state index contributed by atoms with van der Waals surface area (Å²) in [6, 6.07) is 9.77. The number of hydrogen-bond acceptors (Lipinski definition) is 3. The third kappa shape index (κ3) is 3.81. The molecule has 2 unspecified atom stereocenters. The lowest BCUT2D eigenvalue weighted by Crippen LogP contribution is -2.31. The molecule has 2 atom stereocenters. The van der Waals surface area contributed by atoms with Gasteiger partial charge in [0.05, 0.1) is 6.20 Å². The lowest BCUT2D eigenvalue weighted by atomic mass is 10.0. The van der Waals surface area contributed by atoms with Crippen molar-refractivity contribution in [1.29, 1.82) is 0 Å². The van der Waals surface area contributed by atoms with E-state index in [-0.39, 0.29) is 12.1 Å². The maximum absolute atomic E-state index is 6.23. The zero-order valence-electron chi connectivity index (χ0n) is 11.1. The average Bonchev–Trinajstić information content (AvgIpc) is 2.45. The second-order valence-corrected chi connectivity index (χ2v) is 6.24. The highest BCUT2D eigenvalue weighted by molar-refractivity contribution is 9.10. The molecule has 106 valence electrons. The average molecular weight is 400 g/mol. The van der Waals surface area contributed by atoms with Crippen LogP contribution < -0.4 is 10.5 Å². The van der Waals surface area contributed by atoms with E-state index in [4.69, 9.17) is 10.5 Å². The minimum Gasteiger partial charge on any atom is -0.482 e. The number of rotatable bonds is 5. The number of halogens is 2. The summed E-state index contributed by atoms with van der Waals surface area (Å²) in [7, 11) is 0. The van der Waals surface area contributed by atoms with Crippen LogP contribution in [0.4, 0.5) is 0 Å². The van der Waals surface area contributed by atoms with Crippen molar-refractivity contribution in [3.8, 4) is 5.75 Å². The van der Waals surface area contributed by atoms with Gasteiger partial charge in [0, 0.05) is 26.7 Å². The second kappa shape index (κ2) is 7.20. The first-order valence-corrected chi connectivity index (χ1v) is 7.97. The highest BCUT2D eigenvalue weighted by atomic mass is 79.9. The standard InChI is InChI=1S/C15H16Br2N2O/c1-2-14(18)15(12-5-3-4-6-13(12)17)20-11-7-10(16)8-19-9-11/h3-9,14-15H,2,18H2,1H3. The van der Waals surface area contributed by atoms with Crippen LogP contribution in [0.15, 0.2) is 51.7 Å². The van der Waals surface area contributed by atoms with Crippen LogP contribution in [0.5, 0.6) is 5.75 Å². The molecule has 0 amide bonds. The smallest absolute Gasteiger partial charge is 0.140 e. The summed E-state index contributed by atoms with van der Waals surface area (Å²) < 4.78 is 7.94. The zero-order valence-corrected chi connectivity index (χ0v) is 14.3. The van der Waals surface area contributed by atoms with Gasteiger partial charge in [-0.15, -0.1) is 0 Å². The molecular weight excluding hydrogens is 384 g/mol. The fraction of sp³-hybridized carbons (Fsp3) is 0.267. The van der Waals surface area contributed by atoms with E-state index in [1.165, 1.54) is 0 Å². The minimum atomic E-state index is -0.216. The molecule has 0 aliphatic heterocycles. The first-order valence-electron chi connectivity index (χ1n) is 6.39. The topological polar surface area (TPSA) is 48.1 Å². The molecule has 3 nitrogen and oxygen atoms in total. The lowest BCUT2D eigenvalue weighted by Gasteiger charge is -2.25. The van der Waals surface area contributed by atoms with E-state index in [0.29, 0.717) is 5.75 Å². The number of nitrogens with zero attached hydrogens (tertiary/aromatic N) is 1. The van der Waals surface area contributed by atoms with E-state index in [0.717, 1.165) is 20.9 Å². The Kier molecular flexibility index (Phi) is 5.57. The third-order valence-electron chi connectivity index (χ3n) is 3.01. The van der Waals surface area contributed by atoms with Crippen molar-refractivity contribution in [3.05, 3.63) is 57.2 Å². The van der Waals surface area contributed by atoms with Gasteiger partial charge < -0.3 is 10.5 Å². The number of nitrogens with two attached hydrogens (primary N) is 1. The molecule has 5 heteroatoms. The Bertz CT molecular complexity index is 577. The maximum atomic E-state index is 6.23. The normalized spacial score (nSPS) is 13.8. The summed E-state index contributed by atoms with van der Waals surface area (Å²) in [4.78, 5) is 4.11. The van der Waals surface area contributed by atoms with E-state index < -0.39 is 0 Å². The van der Waals surface area contributed by atoms with Gasteiger partial charge in [0.1, 0.15) is 11.9 Å². The zero-order chi connectivity index (χ0) is 14.5. The van der Waals surface area contributed by atoms with Crippen molar-refractivity contribution in [1.82, 2.24) is 4.98 Å². The van der Waals surface area contributed by atoms with Gasteiger partial charge in [0.15, 0.2) is 0 Å². The predicted octanol–water partition coefficient (Wildman–Crippen LogP) is 4.46. The van der Waals surface area contributed by atoms with Crippen molar-refractivity contribution < 1.29 is 4.74 Å². The summed E-state index contributed by atoms with van der Waals surface area (Å²) in [5, 5.41) is 0. The van der Waals surface area contributed by atoms with Gasteiger partial charge >= 0.3 is 0 Å². The molecule has 0 radical (unpaired) electrons. The van der Waals surface area contributed by atoms with E-state index >= 15 is 0 Å². The highest BCUT2D eigenvalue weighted by Crippen LogP contribution is 2.31. The molecule has 0 bridgehead atoms. The summed E-state index contributed by atoms with van der Waals surface area (Å²) >= 11 is 6.96. The largest absolute Gasteiger partial charge is 0.482 e. The van der Waals surface area contributed by atoms with Crippen molar-refractivity contribution in [2.45, 2.75) is 25.5 Å². The van der Waals surface area contributed by atoms with Crippen LogP contribution in [0.1, 0.15) is 25.0 Å². The molecule has 0 spiro atoms. The maximum Gasteiger partial charge on any atom is 0.140 e. The number of pyridine rings is 1. The van der Waals surface area contributed by atoms with E-state index in [2.05, 4.69) is 43.8 Å². The summed E-state index contributed by atoms with van der Waals surface area (Å²) in [6.07, 6.45) is 4.02. The molecule has 2 rings (SSSR count). The molecule has 1 aromatic carbocycles. The fourth-order valence-corrected chi connectivity index (χ4v) is 2.76. The van der Waals surface area contributed by atoms with Gasteiger partial charge in [-0.3, -0.25) is 4.98 Å². The van der Waals surface area contributed by atoms with Gasteiger partial charge in [-0.2, -0.15) is 0 Å². The van der Waals surface area contributed by atoms with Crippen LogP contribution >= 0.6 is 31.9 Å². The van der Waals surface area contributed by atoms with Gasteiger partial charge in [0.2, 0.25) is 0 Å². The van der Waals surface area contributed by atoms with Gasteiger partial charge in [-0.05, 0) is 34.5 Å². The molecule has 0 saturated heterocycles. The van der Waals surface area contributed by atoms with Gasteiger partial charge in [-0.25, -0.2) is 0 Å². The summed E-state index contributed by atoms with van der Waals surface area (Å²) in [5.74, 6) is 0.698. The summed E-state index contributed by atoms with van der Waals surface area (Å²) in [5.41, 5.74) is 7.27. The van der Waals surface area contributed by atoms with Gasteiger partial charge in [0.25, 0.3) is 0 Å². The van der Waals surface area contributed by atoms with Crippen LogP contribution in [0.2, 0.25) is 0 Å². The first-order chi connectivity index (χ1) is 9.61. The quantitative estimate of drug-likeness (QED) is 0.806. The van der Waals surface area contributed by atoms with Crippen molar-refractivity contribution in [3.63, 3.8) is 0 Å². The minimum absolute atomic E-state index is 0.0901. The van der Waals surface area contributed by atoms with E-state index in [1.807, 2.05) is 30.3 Å². The Balaban J connectivity index is 2.32. The molecule has 1 heterocycles. The van der Waals surface area contributed by atoms with Crippen LogP contribution in [-0.4, -0.2) is 11.0 Å². The van der Waals surface area contributed by atoms with Gasteiger partial charge in [-0.1, -0.05) is 41.1 Å². The lowest BCUT2D eigenvalue weighted by molar-refractivity contribution is 0.169. The van der Waals surface area contributed by atoms with Crippen molar-refractivity contribution in [2.75, 3.05) is 0 Å². The van der Waals surface area contributed by atoms with Crippen molar-refractivity contribution in [2.24, 2.45) is 5.73 Å². The molecule has 1 aromatic heterocycles. The molecule has 0 saturated carbocycles. The Hall–Kier alpha value is -0.910. The number of benzene rings is 1. The van der Waals surface area contributed by atoms with Crippen LogP contribution in [0.3, 0.4) is 0 Å². The molecule has 2 N–H and O–H groups in total. The number of ether oxygens (including phenoxy) is 1. The van der Waals surface area contributed by atoms with Crippen LogP contribution in [-0.2, 0) is 0 Å². The fourth-order valence-electron chi connectivity index (χ4n) is 1.90. The third-order valence-corrected chi connectivity index (χ3v) is 4.17. The molecular formula is C15H16Br2N2O. The van der Waals surface area contributed by atoms with E-state index in [1.54, 1.807) is 12.4 Å². The first kappa shape index (κ1) is 15.5. The van der Waals surface area contributed by atoms with Crippen LogP contribution in [0.25, 0.3) is 0 Å².